The summed E-state index contributed by atoms with van der Waals surface area (Å²) in [5.74, 6) is -2.39. The Labute approximate surface area is 163 Å². The summed E-state index contributed by atoms with van der Waals surface area (Å²) in [6.07, 6.45) is 0.0109. The summed E-state index contributed by atoms with van der Waals surface area (Å²) in [5, 5.41) is 4.25. The van der Waals surface area contributed by atoms with E-state index in [2.05, 4.69) is 10.3 Å². The molecule has 1 aliphatic rings. The normalized spacial score (nSPS) is 16.5. The van der Waals surface area contributed by atoms with E-state index in [0.717, 1.165) is 11.3 Å². The highest BCUT2D eigenvalue weighted by atomic mass is 35.5. The third kappa shape index (κ3) is 4.25. The molecule has 27 heavy (non-hydrogen) atoms. The Morgan fingerprint density at radius 3 is 2.96 bits per heavy atom. The molecule has 1 unspecified atom stereocenters. The maximum atomic E-state index is 13.3. The Morgan fingerprint density at radius 1 is 1.48 bits per heavy atom. The van der Waals surface area contributed by atoms with Crippen molar-refractivity contribution in [3.8, 4) is 0 Å². The number of nitrogens with zero attached hydrogens (tertiary/aromatic N) is 2. The molecule has 1 aromatic heterocycles. The number of nitrogens with one attached hydrogen (secondary N) is 1. The molecule has 10 heteroatoms. The lowest BCUT2D eigenvalue weighted by molar-refractivity contribution is -0.122. The van der Waals surface area contributed by atoms with Crippen molar-refractivity contribution >= 4 is 51.5 Å². The average Bonchev–Trinajstić information content (AvgIpc) is 3.24. The lowest BCUT2D eigenvalue weighted by atomic mass is 10.1. The number of hydrogen-bond donors (Lipinski definition) is 1. The van der Waals surface area contributed by atoms with Crippen LogP contribution < -0.4 is 10.2 Å². The van der Waals surface area contributed by atoms with E-state index in [-0.39, 0.29) is 47.2 Å². The van der Waals surface area contributed by atoms with Gasteiger partial charge in [0.15, 0.2) is 10.8 Å². The predicted molar refractivity (Wildman–Crippen MR) is 98.6 cm³/mol. The second-order valence-electron chi connectivity index (χ2n) is 5.75. The molecule has 1 fully saturated rings. The summed E-state index contributed by atoms with van der Waals surface area (Å²) in [6.45, 7) is 2.05. The van der Waals surface area contributed by atoms with Crippen molar-refractivity contribution in [3.05, 3.63) is 40.1 Å². The van der Waals surface area contributed by atoms with E-state index < -0.39 is 17.7 Å². The number of hydrogen-bond acceptors (Lipinski definition) is 6. The van der Waals surface area contributed by atoms with Crippen LogP contribution in [-0.4, -0.2) is 35.9 Å². The molecule has 1 aromatic carbocycles. The minimum atomic E-state index is -0.601. The Balaban J connectivity index is 1.65. The van der Waals surface area contributed by atoms with E-state index in [1.54, 1.807) is 6.92 Å². The maximum Gasteiger partial charge on any atom is 0.357 e. The summed E-state index contributed by atoms with van der Waals surface area (Å²) in [5.41, 5.74) is 0.544. The molecule has 2 heterocycles. The molecule has 0 bridgehead atoms. The van der Waals surface area contributed by atoms with E-state index >= 15 is 0 Å². The standard InChI is InChI=1S/C17H15ClFN3O4S/c1-2-26-16(25)13-8-27-17(20-13)21-15(24)9-5-14(23)22(7-9)10-3-4-12(19)11(18)6-10/h3-4,6,8-9H,2,5,7H2,1H3,(H,20,21,24). The van der Waals surface area contributed by atoms with Gasteiger partial charge in [-0.05, 0) is 25.1 Å². The van der Waals surface area contributed by atoms with Gasteiger partial charge in [-0.1, -0.05) is 11.6 Å². The zero-order valence-electron chi connectivity index (χ0n) is 14.2. The van der Waals surface area contributed by atoms with Gasteiger partial charge in [0.2, 0.25) is 11.8 Å². The first-order valence-electron chi connectivity index (χ1n) is 8.08. The molecule has 0 aliphatic carbocycles. The minimum Gasteiger partial charge on any atom is -0.461 e. The van der Waals surface area contributed by atoms with Crippen molar-refractivity contribution in [1.29, 1.82) is 0 Å². The lowest BCUT2D eigenvalue weighted by Crippen LogP contribution is -2.28. The molecule has 1 aliphatic heterocycles. The highest BCUT2D eigenvalue weighted by Gasteiger charge is 2.35. The van der Waals surface area contributed by atoms with Gasteiger partial charge in [-0.3, -0.25) is 9.59 Å². The molecule has 0 spiro atoms. The van der Waals surface area contributed by atoms with Crippen LogP contribution in [0.15, 0.2) is 23.6 Å². The second-order valence-corrected chi connectivity index (χ2v) is 7.02. The Kier molecular flexibility index (Phi) is 5.71. The summed E-state index contributed by atoms with van der Waals surface area (Å²) in [6, 6.07) is 3.96. The molecule has 1 N–H and O–H groups in total. The second kappa shape index (κ2) is 8.01. The van der Waals surface area contributed by atoms with Crippen LogP contribution in [0, 0.1) is 11.7 Å². The quantitative estimate of drug-likeness (QED) is 0.764. The van der Waals surface area contributed by atoms with Gasteiger partial charge in [0.1, 0.15) is 5.82 Å². The topological polar surface area (TPSA) is 88.6 Å². The number of aromatic nitrogens is 1. The third-order valence-electron chi connectivity index (χ3n) is 3.93. The summed E-state index contributed by atoms with van der Waals surface area (Å²) in [7, 11) is 0. The van der Waals surface area contributed by atoms with Crippen LogP contribution in [0.5, 0.6) is 0 Å². The first kappa shape index (κ1) is 19.2. The summed E-state index contributed by atoms with van der Waals surface area (Å²) < 4.78 is 18.1. The third-order valence-corrected chi connectivity index (χ3v) is 4.98. The van der Waals surface area contributed by atoms with Crippen molar-refractivity contribution in [2.45, 2.75) is 13.3 Å². The van der Waals surface area contributed by atoms with Gasteiger partial charge in [0.05, 0.1) is 17.5 Å². The molecule has 1 atom stereocenters. The van der Waals surface area contributed by atoms with Gasteiger partial charge in [0.25, 0.3) is 0 Å². The number of benzene rings is 1. The molecule has 1 saturated heterocycles. The van der Waals surface area contributed by atoms with Crippen LogP contribution in [0.3, 0.4) is 0 Å². The number of rotatable bonds is 5. The number of anilines is 2. The zero-order valence-corrected chi connectivity index (χ0v) is 15.8. The summed E-state index contributed by atoms with van der Waals surface area (Å²) in [4.78, 5) is 41.7. The zero-order chi connectivity index (χ0) is 19.6. The van der Waals surface area contributed by atoms with E-state index in [9.17, 15) is 18.8 Å². The molecule has 2 amide bonds. The number of ether oxygens (including phenoxy) is 1. The van der Waals surface area contributed by atoms with E-state index in [1.807, 2.05) is 0 Å². The molecule has 7 nitrogen and oxygen atoms in total. The van der Waals surface area contributed by atoms with Crippen LogP contribution in [0.4, 0.5) is 15.2 Å². The van der Waals surface area contributed by atoms with Crippen molar-refractivity contribution < 1.29 is 23.5 Å². The highest BCUT2D eigenvalue weighted by Crippen LogP contribution is 2.29. The van der Waals surface area contributed by atoms with Crippen LogP contribution in [-0.2, 0) is 14.3 Å². The SMILES string of the molecule is CCOC(=O)c1csc(NC(=O)C2CC(=O)N(c3ccc(F)c(Cl)c3)C2)n1. The van der Waals surface area contributed by atoms with Gasteiger partial charge in [0, 0.05) is 24.0 Å². The fourth-order valence-corrected chi connectivity index (χ4v) is 3.48. The number of halogens is 2. The smallest absolute Gasteiger partial charge is 0.357 e. The molecule has 0 radical (unpaired) electrons. The largest absolute Gasteiger partial charge is 0.461 e. The number of carbonyl (C=O) groups excluding carboxylic acids is 3. The average molecular weight is 412 g/mol. The number of amides is 2. The Bertz CT molecular complexity index is 904. The number of esters is 1. The number of thiazole rings is 1. The minimum absolute atomic E-state index is 0.0109. The molecule has 2 aromatic rings. The molecular formula is C17H15ClFN3O4S. The van der Waals surface area contributed by atoms with Gasteiger partial charge < -0.3 is 15.0 Å². The predicted octanol–water partition coefficient (Wildman–Crippen LogP) is 3.10. The van der Waals surface area contributed by atoms with Gasteiger partial charge in [-0.25, -0.2) is 14.2 Å². The monoisotopic (exact) mass is 411 g/mol. The molecule has 0 saturated carbocycles. The fraction of sp³-hybridized carbons (Fsp3) is 0.294. The van der Waals surface area contributed by atoms with Crippen LogP contribution in [0.1, 0.15) is 23.8 Å². The van der Waals surface area contributed by atoms with Crippen LogP contribution in [0.2, 0.25) is 5.02 Å². The molecule has 3 rings (SSSR count). The van der Waals surface area contributed by atoms with E-state index in [1.165, 1.54) is 28.5 Å². The van der Waals surface area contributed by atoms with Crippen LogP contribution in [0.25, 0.3) is 0 Å². The number of carbonyl (C=O) groups is 3. The maximum absolute atomic E-state index is 13.3. The van der Waals surface area contributed by atoms with Crippen molar-refractivity contribution in [1.82, 2.24) is 4.98 Å². The van der Waals surface area contributed by atoms with Gasteiger partial charge in [-0.2, -0.15) is 0 Å². The van der Waals surface area contributed by atoms with Crippen LogP contribution >= 0.6 is 22.9 Å². The first-order valence-corrected chi connectivity index (χ1v) is 9.33. The van der Waals surface area contributed by atoms with Gasteiger partial charge >= 0.3 is 5.97 Å². The van der Waals surface area contributed by atoms with Crippen molar-refractivity contribution in [3.63, 3.8) is 0 Å². The molecular weight excluding hydrogens is 397 g/mol. The van der Waals surface area contributed by atoms with Crippen molar-refractivity contribution in [2.75, 3.05) is 23.4 Å². The van der Waals surface area contributed by atoms with Crippen molar-refractivity contribution in [2.24, 2.45) is 5.92 Å². The summed E-state index contributed by atoms with van der Waals surface area (Å²) >= 11 is 6.85. The highest BCUT2D eigenvalue weighted by molar-refractivity contribution is 7.14. The first-order chi connectivity index (χ1) is 12.9. The Morgan fingerprint density at radius 2 is 2.26 bits per heavy atom. The fourth-order valence-electron chi connectivity index (χ4n) is 2.62. The Hall–Kier alpha value is -2.52. The van der Waals surface area contributed by atoms with E-state index in [4.69, 9.17) is 16.3 Å². The van der Waals surface area contributed by atoms with Gasteiger partial charge in [-0.15, -0.1) is 11.3 Å². The molecule has 142 valence electrons. The lowest BCUT2D eigenvalue weighted by Gasteiger charge is -2.17. The van der Waals surface area contributed by atoms with E-state index in [0.29, 0.717) is 5.69 Å².